The minimum Gasteiger partial charge on any atom is -0.370 e. The van der Waals surface area contributed by atoms with Gasteiger partial charge in [-0.15, -0.1) is 0 Å². The number of para-hydroxylation sites is 1. The Bertz CT molecular complexity index is 2380. The Kier molecular flexibility index (Phi) is 9.39. The summed E-state index contributed by atoms with van der Waals surface area (Å²) >= 11 is 0. The van der Waals surface area contributed by atoms with Crippen molar-refractivity contribution < 1.29 is 14.4 Å². The van der Waals surface area contributed by atoms with Crippen LogP contribution in [0.4, 0.5) is 17.5 Å². The lowest BCUT2D eigenvalue weighted by Crippen LogP contribution is -2.44. The number of nitrogens with zero attached hydrogens (tertiary/aromatic N) is 8. The molecule has 3 aliphatic rings. The Morgan fingerprint density at radius 3 is 2.50 bits per heavy atom. The predicted octanol–water partition coefficient (Wildman–Crippen LogP) is 4.68. The Hall–Kier alpha value is -5.97. The predicted molar refractivity (Wildman–Crippen MR) is 206 cm³/mol. The number of imidazole rings is 1. The summed E-state index contributed by atoms with van der Waals surface area (Å²) in [5.41, 5.74) is 4.24. The van der Waals surface area contributed by atoms with Crippen LogP contribution in [0.2, 0.25) is 0 Å². The van der Waals surface area contributed by atoms with Crippen LogP contribution in [0.3, 0.4) is 0 Å². The lowest BCUT2D eigenvalue weighted by molar-refractivity contribution is -0.135. The summed E-state index contributed by atoms with van der Waals surface area (Å²) in [6.07, 6.45) is 11.2. The molecule has 8 rings (SSSR count). The number of carbonyl (C=O) groups excluding carboxylic acids is 3. The van der Waals surface area contributed by atoms with Gasteiger partial charge in [-0.05, 0) is 68.4 Å². The second-order valence-corrected chi connectivity index (χ2v) is 14.8. The van der Waals surface area contributed by atoms with Gasteiger partial charge in [-0.3, -0.25) is 28.8 Å². The standard InChI is InChI=1S/C40H44N10O4/c1-46(2)38(53)32-22-27-23-42-39(45-36(27)49(32)28-11-4-5-12-28)43-33-16-14-29(24-41-33)48-20-18-25(19-21-48)8-6-9-26-10-7-13-30-35(26)47(3)40(54)50(30)31-15-17-34(51)44-37(31)52/h7,10,13-14,16,22-25,28,31H,4-5,8,11-12,15,17-21H2,1-3H3,(H,44,51,52)(H,41,42,43,45)/t31-/m0/s1. The fourth-order valence-corrected chi connectivity index (χ4v) is 8.21. The number of pyridine rings is 1. The Morgan fingerprint density at radius 1 is 0.981 bits per heavy atom. The SMILES string of the molecule is CN(C)C(=O)c1cc2cnc(Nc3ccc(N4CCC(CC#Cc5cccc6c5n(C)c(=O)n6[C@H]5CCC(=O)NC5=O)CC4)cn3)nc2n1C1CCCC1. The average Bonchev–Trinajstić information content (AvgIpc) is 3.89. The van der Waals surface area contributed by atoms with Gasteiger partial charge in [0.1, 0.15) is 23.2 Å². The molecule has 3 fully saturated rings. The van der Waals surface area contributed by atoms with E-state index in [0.717, 1.165) is 80.3 Å². The molecule has 1 atom stereocenters. The maximum absolute atomic E-state index is 13.3. The topological polar surface area (TPSA) is 152 Å². The monoisotopic (exact) mass is 728 g/mol. The molecule has 2 aliphatic heterocycles. The first-order valence-electron chi connectivity index (χ1n) is 18.8. The highest BCUT2D eigenvalue weighted by molar-refractivity contribution is 6.00. The minimum absolute atomic E-state index is 0.0351. The summed E-state index contributed by atoms with van der Waals surface area (Å²) in [5.74, 6) is 7.41. The molecule has 1 aromatic carbocycles. The highest BCUT2D eigenvalue weighted by atomic mass is 16.2. The molecule has 2 saturated heterocycles. The van der Waals surface area contributed by atoms with Gasteiger partial charge in [-0.2, -0.15) is 4.98 Å². The van der Waals surface area contributed by atoms with E-state index in [-0.39, 0.29) is 30.0 Å². The fourth-order valence-electron chi connectivity index (χ4n) is 8.21. The molecule has 278 valence electrons. The smallest absolute Gasteiger partial charge is 0.329 e. The fraction of sp³-hybridized carbons (Fsp3) is 0.425. The van der Waals surface area contributed by atoms with Crippen LogP contribution < -0.4 is 21.2 Å². The molecule has 4 aromatic heterocycles. The molecule has 0 radical (unpaired) electrons. The largest absolute Gasteiger partial charge is 0.370 e. The molecule has 0 unspecified atom stereocenters. The van der Waals surface area contributed by atoms with E-state index in [1.54, 1.807) is 36.8 Å². The highest BCUT2D eigenvalue weighted by Crippen LogP contribution is 2.35. The van der Waals surface area contributed by atoms with E-state index in [4.69, 9.17) is 4.98 Å². The molecule has 54 heavy (non-hydrogen) atoms. The van der Waals surface area contributed by atoms with Crippen molar-refractivity contribution in [1.29, 1.82) is 0 Å². The van der Waals surface area contributed by atoms with Crippen LogP contribution >= 0.6 is 0 Å². The zero-order chi connectivity index (χ0) is 37.5. The molecule has 5 aromatic rings. The number of benzene rings is 1. The Morgan fingerprint density at radius 2 is 1.78 bits per heavy atom. The summed E-state index contributed by atoms with van der Waals surface area (Å²) in [7, 11) is 5.24. The number of anilines is 3. The van der Waals surface area contributed by atoms with E-state index >= 15 is 0 Å². The van der Waals surface area contributed by atoms with Gasteiger partial charge in [0, 0.05) is 64.7 Å². The van der Waals surface area contributed by atoms with Crippen LogP contribution in [-0.2, 0) is 16.6 Å². The number of rotatable bonds is 7. The van der Waals surface area contributed by atoms with Gasteiger partial charge < -0.3 is 19.7 Å². The number of fused-ring (bicyclic) bond motifs is 2. The average molecular weight is 729 g/mol. The number of piperidine rings is 2. The van der Waals surface area contributed by atoms with Crippen molar-refractivity contribution in [3.8, 4) is 11.8 Å². The van der Waals surface area contributed by atoms with E-state index in [0.29, 0.717) is 40.8 Å². The first-order chi connectivity index (χ1) is 26.2. The van der Waals surface area contributed by atoms with E-state index in [1.807, 2.05) is 36.5 Å². The van der Waals surface area contributed by atoms with E-state index in [2.05, 4.69) is 48.0 Å². The summed E-state index contributed by atoms with van der Waals surface area (Å²) in [6, 6.07) is 11.0. The zero-order valence-corrected chi connectivity index (χ0v) is 30.8. The summed E-state index contributed by atoms with van der Waals surface area (Å²) in [6.45, 7) is 1.79. The first kappa shape index (κ1) is 35.1. The van der Waals surface area contributed by atoms with Crippen LogP contribution in [0.15, 0.2) is 53.6 Å². The molecule has 14 nitrogen and oxygen atoms in total. The van der Waals surface area contributed by atoms with E-state index in [9.17, 15) is 19.2 Å². The second-order valence-electron chi connectivity index (χ2n) is 14.8. The van der Waals surface area contributed by atoms with Crippen molar-refractivity contribution in [2.45, 2.75) is 69.9 Å². The van der Waals surface area contributed by atoms with Gasteiger partial charge in [-0.1, -0.05) is 30.7 Å². The van der Waals surface area contributed by atoms with Gasteiger partial charge in [0.2, 0.25) is 17.8 Å². The number of carbonyl (C=O) groups is 3. The van der Waals surface area contributed by atoms with Crippen LogP contribution in [0, 0.1) is 17.8 Å². The molecule has 14 heteroatoms. The van der Waals surface area contributed by atoms with Crippen molar-refractivity contribution >= 4 is 57.2 Å². The van der Waals surface area contributed by atoms with Crippen molar-refractivity contribution in [2.24, 2.45) is 13.0 Å². The second kappa shape index (κ2) is 14.5. The molecule has 3 amide bonds. The van der Waals surface area contributed by atoms with Gasteiger partial charge in [0.05, 0.1) is 28.5 Å². The van der Waals surface area contributed by atoms with E-state index in [1.165, 1.54) is 4.57 Å². The Balaban J connectivity index is 0.902. The summed E-state index contributed by atoms with van der Waals surface area (Å²) < 4.78 is 5.14. The summed E-state index contributed by atoms with van der Waals surface area (Å²) in [5, 5.41) is 6.47. The van der Waals surface area contributed by atoms with Crippen molar-refractivity contribution in [2.75, 3.05) is 37.4 Å². The lowest BCUT2D eigenvalue weighted by atomic mass is 9.93. The number of imide groups is 1. The van der Waals surface area contributed by atoms with Crippen LogP contribution in [0.1, 0.15) is 85.9 Å². The molecule has 1 aliphatic carbocycles. The lowest BCUT2D eigenvalue weighted by Gasteiger charge is -2.32. The molecular formula is C40H44N10O4. The normalized spacial score (nSPS) is 18.2. The van der Waals surface area contributed by atoms with Crippen LogP contribution in [0.25, 0.3) is 22.1 Å². The molecule has 0 bridgehead atoms. The van der Waals surface area contributed by atoms with Gasteiger partial charge >= 0.3 is 5.69 Å². The number of nitrogens with one attached hydrogen (secondary N) is 2. The summed E-state index contributed by atoms with van der Waals surface area (Å²) in [4.78, 5) is 68.6. The number of hydrogen-bond acceptors (Lipinski definition) is 9. The third-order valence-corrected chi connectivity index (χ3v) is 11.1. The van der Waals surface area contributed by atoms with Crippen molar-refractivity contribution in [3.05, 3.63) is 70.5 Å². The quantitative estimate of drug-likeness (QED) is 0.180. The molecule has 6 heterocycles. The molecule has 2 N–H and O–H groups in total. The van der Waals surface area contributed by atoms with Crippen LogP contribution in [0.5, 0.6) is 0 Å². The van der Waals surface area contributed by atoms with Gasteiger partial charge in [-0.25, -0.2) is 14.8 Å². The van der Waals surface area contributed by atoms with Gasteiger partial charge in [0.25, 0.3) is 5.91 Å². The maximum Gasteiger partial charge on any atom is 0.329 e. The number of amides is 3. The van der Waals surface area contributed by atoms with Gasteiger partial charge in [0.15, 0.2) is 0 Å². The molecule has 1 saturated carbocycles. The zero-order valence-electron chi connectivity index (χ0n) is 30.8. The third-order valence-electron chi connectivity index (χ3n) is 11.1. The third kappa shape index (κ3) is 6.59. The Labute approximate surface area is 312 Å². The highest BCUT2D eigenvalue weighted by Gasteiger charge is 2.32. The number of aryl methyl sites for hydroxylation is 1. The molecular weight excluding hydrogens is 685 g/mol. The maximum atomic E-state index is 13.3. The first-order valence-corrected chi connectivity index (χ1v) is 18.8. The molecule has 0 spiro atoms. The minimum atomic E-state index is -0.727. The number of hydrogen-bond donors (Lipinski definition) is 2. The number of aromatic nitrogens is 6. The van der Waals surface area contributed by atoms with Crippen molar-refractivity contribution in [3.63, 3.8) is 0 Å². The van der Waals surface area contributed by atoms with E-state index < -0.39 is 11.9 Å². The van der Waals surface area contributed by atoms with Crippen LogP contribution in [-0.4, -0.2) is 78.5 Å². The van der Waals surface area contributed by atoms with Crippen molar-refractivity contribution in [1.82, 2.24) is 38.9 Å².